The minimum Gasteiger partial charge on any atom is -0.459 e. The van der Waals surface area contributed by atoms with Crippen molar-refractivity contribution in [2.24, 2.45) is 0 Å². The first-order chi connectivity index (χ1) is 9.40. The van der Waals surface area contributed by atoms with E-state index in [0.29, 0.717) is 10.6 Å². The van der Waals surface area contributed by atoms with Gasteiger partial charge in [0.15, 0.2) is 0 Å². The molecule has 0 amide bonds. The van der Waals surface area contributed by atoms with E-state index in [1.165, 1.54) is 0 Å². The Balaban J connectivity index is 2.39. The lowest BCUT2D eigenvalue weighted by molar-refractivity contribution is 0.0378. The van der Waals surface area contributed by atoms with Gasteiger partial charge < -0.3 is 4.74 Å². The molecule has 0 saturated heterocycles. The summed E-state index contributed by atoms with van der Waals surface area (Å²) in [5.74, 6) is -0.338. The fourth-order valence-corrected chi connectivity index (χ4v) is 2.04. The summed E-state index contributed by atoms with van der Waals surface area (Å²) in [6, 6.07) is 7.15. The topological polar surface area (TPSA) is 44.1 Å². The highest BCUT2D eigenvalue weighted by atomic mass is 35.5. The third-order valence-electron chi connectivity index (χ3n) is 2.87. The van der Waals surface area contributed by atoms with Crippen LogP contribution in [-0.2, 0) is 4.74 Å². The molecule has 0 N–H and O–H groups in total. The predicted octanol–water partition coefficient (Wildman–Crippen LogP) is 3.71. The number of nitrogens with zero attached hydrogens (tertiary/aromatic N) is 2. The molecule has 0 aliphatic rings. The van der Waals surface area contributed by atoms with Crippen LogP contribution in [-0.4, -0.2) is 21.9 Å². The van der Waals surface area contributed by atoms with Crippen LogP contribution >= 0.6 is 11.6 Å². The van der Waals surface area contributed by atoms with E-state index in [2.05, 4.69) is 5.10 Å². The SMILES string of the molecule is Cc1nn(-c2cccc(C(=O)OC(C)C)c2)c(C)c1Cl. The minimum atomic E-state index is -0.338. The van der Waals surface area contributed by atoms with Crippen molar-refractivity contribution in [3.63, 3.8) is 0 Å². The van der Waals surface area contributed by atoms with Crippen molar-refractivity contribution in [3.8, 4) is 5.69 Å². The van der Waals surface area contributed by atoms with Gasteiger partial charge in [-0.2, -0.15) is 5.10 Å². The molecule has 1 aromatic heterocycles. The van der Waals surface area contributed by atoms with E-state index < -0.39 is 0 Å². The number of aromatic nitrogens is 2. The van der Waals surface area contributed by atoms with Gasteiger partial charge in [0.2, 0.25) is 0 Å². The Bertz CT molecular complexity index is 647. The molecule has 2 aromatic rings. The average molecular weight is 293 g/mol. The minimum absolute atomic E-state index is 0.144. The molecular formula is C15H17ClN2O2. The van der Waals surface area contributed by atoms with Crippen molar-refractivity contribution in [1.29, 1.82) is 0 Å². The van der Waals surface area contributed by atoms with E-state index in [1.54, 1.807) is 22.9 Å². The molecular weight excluding hydrogens is 276 g/mol. The molecule has 0 atom stereocenters. The van der Waals surface area contributed by atoms with Crippen LogP contribution in [0.3, 0.4) is 0 Å². The molecule has 0 unspecified atom stereocenters. The van der Waals surface area contributed by atoms with Gasteiger partial charge in [-0.3, -0.25) is 0 Å². The number of rotatable bonds is 3. The Kier molecular flexibility index (Phi) is 4.14. The molecule has 0 radical (unpaired) electrons. The van der Waals surface area contributed by atoms with Crippen LogP contribution in [0.25, 0.3) is 5.69 Å². The smallest absolute Gasteiger partial charge is 0.338 e. The third kappa shape index (κ3) is 2.85. The highest BCUT2D eigenvalue weighted by molar-refractivity contribution is 6.31. The maximum atomic E-state index is 11.9. The first-order valence-corrected chi connectivity index (χ1v) is 6.81. The van der Waals surface area contributed by atoms with Gasteiger partial charge in [0, 0.05) is 0 Å². The molecule has 0 bridgehead atoms. The number of carbonyl (C=O) groups is 1. The molecule has 0 spiro atoms. The zero-order valence-electron chi connectivity index (χ0n) is 12.0. The molecule has 4 nitrogen and oxygen atoms in total. The first-order valence-electron chi connectivity index (χ1n) is 6.43. The molecule has 2 rings (SSSR count). The summed E-state index contributed by atoms with van der Waals surface area (Å²) in [4.78, 5) is 11.9. The lowest BCUT2D eigenvalue weighted by Gasteiger charge is -2.09. The summed E-state index contributed by atoms with van der Waals surface area (Å²) in [6.07, 6.45) is -0.144. The van der Waals surface area contributed by atoms with Crippen molar-refractivity contribution < 1.29 is 9.53 Å². The third-order valence-corrected chi connectivity index (χ3v) is 3.42. The van der Waals surface area contributed by atoms with Crippen molar-refractivity contribution in [1.82, 2.24) is 9.78 Å². The van der Waals surface area contributed by atoms with Gasteiger partial charge in [-0.1, -0.05) is 17.7 Å². The zero-order valence-corrected chi connectivity index (χ0v) is 12.7. The van der Waals surface area contributed by atoms with Crippen LogP contribution in [0.1, 0.15) is 35.6 Å². The van der Waals surface area contributed by atoms with Crippen LogP contribution < -0.4 is 0 Å². The quantitative estimate of drug-likeness (QED) is 0.810. The normalized spacial score (nSPS) is 10.9. The fraction of sp³-hybridized carbons (Fsp3) is 0.333. The maximum absolute atomic E-state index is 11.9. The fourth-order valence-electron chi connectivity index (χ4n) is 1.92. The largest absolute Gasteiger partial charge is 0.459 e. The summed E-state index contributed by atoms with van der Waals surface area (Å²) < 4.78 is 6.92. The molecule has 1 heterocycles. The number of hydrogen-bond acceptors (Lipinski definition) is 3. The zero-order chi connectivity index (χ0) is 14.9. The molecule has 20 heavy (non-hydrogen) atoms. The number of hydrogen-bond donors (Lipinski definition) is 0. The monoisotopic (exact) mass is 292 g/mol. The molecule has 0 aliphatic heterocycles. The highest BCUT2D eigenvalue weighted by Gasteiger charge is 2.14. The van der Waals surface area contributed by atoms with Crippen LogP contribution in [0.4, 0.5) is 0 Å². The molecule has 1 aromatic carbocycles. The van der Waals surface area contributed by atoms with Gasteiger partial charge in [0.05, 0.1) is 33.8 Å². The average Bonchev–Trinajstić information content (AvgIpc) is 2.66. The van der Waals surface area contributed by atoms with Crippen LogP contribution in [0.15, 0.2) is 24.3 Å². The van der Waals surface area contributed by atoms with E-state index in [-0.39, 0.29) is 12.1 Å². The Hall–Kier alpha value is -1.81. The Labute approximate surface area is 123 Å². The van der Waals surface area contributed by atoms with Crippen LogP contribution in [0, 0.1) is 13.8 Å². The number of esters is 1. The predicted molar refractivity (Wildman–Crippen MR) is 78.6 cm³/mol. The Morgan fingerprint density at radius 1 is 1.35 bits per heavy atom. The summed E-state index contributed by atoms with van der Waals surface area (Å²) in [5, 5.41) is 5.01. The van der Waals surface area contributed by atoms with Crippen molar-refractivity contribution in [2.45, 2.75) is 33.8 Å². The first kappa shape index (κ1) is 14.6. The molecule has 0 aliphatic carbocycles. The van der Waals surface area contributed by atoms with Gasteiger partial charge in [-0.05, 0) is 45.9 Å². The summed E-state index contributed by atoms with van der Waals surface area (Å²) >= 11 is 6.14. The number of ether oxygens (including phenoxy) is 1. The molecule has 5 heteroatoms. The van der Waals surface area contributed by atoms with Crippen molar-refractivity contribution in [2.75, 3.05) is 0 Å². The Morgan fingerprint density at radius 2 is 2.05 bits per heavy atom. The van der Waals surface area contributed by atoms with Crippen LogP contribution in [0.5, 0.6) is 0 Å². The second-order valence-electron chi connectivity index (χ2n) is 4.90. The van der Waals surface area contributed by atoms with E-state index in [9.17, 15) is 4.79 Å². The van der Waals surface area contributed by atoms with E-state index in [1.807, 2.05) is 33.8 Å². The highest BCUT2D eigenvalue weighted by Crippen LogP contribution is 2.22. The summed E-state index contributed by atoms with van der Waals surface area (Å²) in [6.45, 7) is 7.38. The van der Waals surface area contributed by atoms with Gasteiger partial charge >= 0.3 is 5.97 Å². The van der Waals surface area contributed by atoms with Crippen molar-refractivity contribution in [3.05, 3.63) is 46.2 Å². The molecule has 0 saturated carbocycles. The second kappa shape index (κ2) is 5.67. The van der Waals surface area contributed by atoms with Gasteiger partial charge in [-0.25, -0.2) is 9.48 Å². The number of benzene rings is 1. The van der Waals surface area contributed by atoms with Crippen molar-refractivity contribution >= 4 is 17.6 Å². The summed E-state index contributed by atoms with van der Waals surface area (Å²) in [5.41, 5.74) is 2.90. The molecule has 0 fully saturated rings. The maximum Gasteiger partial charge on any atom is 0.338 e. The lowest BCUT2D eigenvalue weighted by Crippen LogP contribution is -2.12. The van der Waals surface area contributed by atoms with E-state index in [4.69, 9.17) is 16.3 Å². The number of halogens is 1. The van der Waals surface area contributed by atoms with E-state index >= 15 is 0 Å². The van der Waals surface area contributed by atoms with Gasteiger partial charge in [-0.15, -0.1) is 0 Å². The number of aryl methyl sites for hydroxylation is 1. The lowest BCUT2D eigenvalue weighted by atomic mass is 10.2. The standard InChI is InChI=1S/C15H17ClN2O2/c1-9(2)20-15(19)12-6-5-7-13(8-12)18-11(4)14(16)10(3)17-18/h5-9H,1-4H3. The Morgan fingerprint density at radius 3 is 2.60 bits per heavy atom. The van der Waals surface area contributed by atoms with Gasteiger partial charge in [0.25, 0.3) is 0 Å². The molecule has 106 valence electrons. The van der Waals surface area contributed by atoms with Crippen LogP contribution in [0.2, 0.25) is 5.02 Å². The van der Waals surface area contributed by atoms with Gasteiger partial charge in [0.1, 0.15) is 0 Å². The van der Waals surface area contributed by atoms with E-state index in [0.717, 1.165) is 17.1 Å². The number of carbonyl (C=O) groups excluding carboxylic acids is 1. The summed E-state index contributed by atoms with van der Waals surface area (Å²) in [7, 11) is 0. The second-order valence-corrected chi connectivity index (χ2v) is 5.28.